The number of aliphatic carboxylic acids is 1. The van der Waals surface area contributed by atoms with Gasteiger partial charge in [0, 0.05) is 18.1 Å². The number of carbonyl (C=O) groups is 1. The molecule has 0 bridgehead atoms. The lowest BCUT2D eigenvalue weighted by Crippen LogP contribution is -2.13. The van der Waals surface area contributed by atoms with Gasteiger partial charge in [-0.25, -0.2) is 4.79 Å². The average molecular weight is 206 g/mol. The predicted molar refractivity (Wildman–Crippen MR) is 53.6 cm³/mol. The van der Waals surface area contributed by atoms with E-state index in [1.807, 2.05) is 6.07 Å². The summed E-state index contributed by atoms with van der Waals surface area (Å²) in [7, 11) is 1.36. The second kappa shape index (κ2) is 3.74. The van der Waals surface area contributed by atoms with E-state index in [-0.39, 0.29) is 0 Å². The van der Waals surface area contributed by atoms with Crippen LogP contribution >= 0.6 is 0 Å². The lowest BCUT2D eigenvalue weighted by molar-refractivity contribution is -0.148. The highest BCUT2D eigenvalue weighted by molar-refractivity contribution is 5.86. The van der Waals surface area contributed by atoms with Crippen LogP contribution in [0, 0.1) is 0 Å². The van der Waals surface area contributed by atoms with Crippen molar-refractivity contribution in [3.63, 3.8) is 0 Å². The van der Waals surface area contributed by atoms with Gasteiger partial charge in [0.05, 0.1) is 6.26 Å². The highest BCUT2D eigenvalue weighted by Crippen LogP contribution is 2.27. The Bertz CT molecular complexity index is 486. The van der Waals surface area contributed by atoms with Crippen LogP contribution in [-0.2, 0) is 9.53 Å². The molecule has 1 aromatic carbocycles. The molecule has 1 N–H and O–H groups in total. The molecule has 0 spiro atoms. The van der Waals surface area contributed by atoms with E-state index < -0.39 is 12.1 Å². The molecule has 0 aliphatic rings. The second-order valence-corrected chi connectivity index (χ2v) is 3.14. The van der Waals surface area contributed by atoms with Gasteiger partial charge in [0.2, 0.25) is 0 Å². The fourth-order valence-corrected chi connectivity index (χ4v) is 1.58. The Morgan fingerprint density at radius 3 is 2.93 bits per heavy atom. The zero-order chi connectivity index (χ0) is 10.8. The third-order valence-corrected chi connectivity index (χ3v) is 2.25. The van der Waals surface area contributed by atoms with Crippen LogP contribution in [0.2, 0.25) is 0 Å². The van der Waals surface area contributed by atoms with Crippen molar-refractivity contribution < 1.29 is 19.1 Å². The summed E-state index contributed by atoms with van der Waals surface area (Å²) in [6.45, 7) is 0. The number of para-hydroxylation sites is 1. The quantitative estimate of drug-likeness (QED) is 0.836. The van der Waals surface area contributed by atoms with E-state index in [2.05, 4.69) is 0 Å². The highest BCUT2D eigenvalue weighted by atomic mass is 16.5. The molecular weight excluding hydrogens is 196 g/mol. The smallest absolute Gasteiger partial charge is 0.337 e. The van der Waals surface area contributed by atoms with Gasteiger partial charge < -0.3 is 14.3 Å². The lowest BCUT2D eigenvalue weighted by atomic mass is 10.1. The van der Waals surface area contributed by atoms with Crippen molar-refractivity contribution in [3.8, 4) is 0 Å². The Hall–Kier alpha value is -1.81. The Kier molecular flexibility index (Phi) is 2.43. The van der Waals surface area contributed by atoms with Crippen LogP contribution in [0.15, 0.2) is 34.9 Å². The van der Waals surface area contributed by atoms with Crippen LogP contribution in [0.1, 0.15) is 11.7 Å². The number of furan rings is 1. The molecule has 1 atom stereocenters. The zero-order valence-corrected chi connectivity index (χ0v) is 8.14. The van der Waals surface area contributed by atoms with Gasteiger partial charge in [-0.05, 0) is 6.07 Å². The standard InChI is InChI=1S/C11H10O4/c1-14-10(11(12)13)8-4-2-3-7-5-6-15-9(7)8/h2-6,10H,1H3,(H,12,13). The number of rotatable bonds is 3. The molecule has 0 radical (unpaired) electrons. The summed E-state index contributed by atoms with van der Waals surface area (Å²) in [6.07, 6.45) is 0.544. The van der Waals surface area contributed by atoms with E-state index in [1.54, 1.807) is 18.2 Å². The average Bonchev–Trinajstić information content (AvgIpc) is 2.66. The topological polar surface area (TPSA) is 59.7 Å². The number of benzene rings is 1. The largest absolute Gasteiger partial charge is 0.479 e. The number of hydrogen-bond donors (Lipinski definition) is 1. The minimum absolute atomic E-state index is 0.535. The van der Waals surface area contributed by atoms with Crippen LogP contribution in [0.4, 0.5) is 0 Å². The van der Waals surface area contributed by atoms with E-state index in [0.717, 1.165) is 5.39 Å². The minimum atomic E-state index is -1.03. The van der Waals surface area contributed by atoms with E-state index in [9.17, 15) is 4.79 Å². The van der Waals surface area contributed by atoms with Crippen molar-refractivity contribution in [1.82, 2.24) is 0 Å². The van der Waals surface area contributed by atoms with Gasteiger partial charge in [-0.1, -0.05) is 18.2 Å². The maximum Gasteiger partial charge on any atom is 0.337 e. The van der Waals surface area contributed by atoms with Gasteiger partial charge in [0.1, 0.15) is 5.58 Å². The third kappa shape index (κ3) is 1.59. The second-order valence-electron chi connectivity index (χ2n) is 3.14. The molecule has 1 heterocycles. The van der Waals surface area contributed by atoms with Gasteiger partial charge in [-0.2, -0.15) is 0 Å². The summed E-state index contributed by atoms with van der Waals surface area (Å²) in [5, 5.41) is 9.83. The maximum absolute atomic E-state index is 10.9. The molecule has 1 unspecified atom stereocenters. The summed E-state index contributed by atoms with van der Waals surface area (Å²) in [5.41, 5.74) is 1.10. The number of fused-ring (bicyclic) bond motifs is 1. The molecule has 0 saturated heterocycles. The normalized spacial score (nSPS) is 12.9. The molecule has 0 fully saturated rings. The summed E-state index contributed by atoms with van der Waals surface area (Å²) < 4.78 is 10.2. The number of methoxy groups -OCH3 is 1. The highest BCUT2D eigenvalue weighted by Gasteiger charge is 2.22. The van der Waals surface area contributed by atoms with Gasteiger partial charge in [-0.15, -0.1) is 0 Å². The molecule has 0 aliphatic carbocycles. The van der Waals surface area contributed by atoms with Gasteiger partial charge in [0.25, 0.3) is 0 Å². The first-order chi connectivity index (χ1) is 7.24. The molecule has 1 aromatic heterocycles. The van der Waals surface area contributed by atoms with Crippen molar-refractivity contribution in [3.05, 3.63) is 36.1 Å². The molecule has 78 valence electrons. The fourth-order valence-electron chi connectivity index (χ4n) is 1.58. The van der Waals surface area contributed by atoms with Gasteiger partial charge in [-0.3, -0.25) is 0 Å². The first-order valence-electron chi connectivity index (χ1n) is 4.45. The Morgan fingerprint density at radius 2 is 2.27 bits per heavy atom. The SMILES string of the molecule is COC(C(=O)O)c1cccc2ccoc12. The minimum Gasteiger partial charge on any atom is -0.479 e. The molecule has 2 aromatic rings. The first-order valence-corrected chi connectivity index (χ1v) is 4.45. The summed E-state index contributed by atoms with van der Waals surface area (Å²) in [6, 6.07) is 7.11. The third-order valence-electron chi connectivity index (χ3n) is 2.25. The number of carboxylic acids is 1. The molecular formula is C11H10O4. The summed E-state index contributed by atoms with van der Waals surface area (Å²) >= 11 is 0. The Labute approximate surface area is 86.1 Å². The van der Waals surface area contributed by atoms with E-state index in [1.165, 1.54) is 13.4 Å². The van der Waals surface area contributed by atoms with Crippen LogP contribution in [-0.4, -0.2) is 18.2 Å². The lowest BCUT2D eigenvalue weighted by Gasteiger charge is -2.10. The van der Waals surface area contributed by atoms with Crippen LogP contribution in [0.5, 0.6) is 0 Å². The molecule has 15 heavy (non-hydrogen) atoms. The van der Waals surface area contributed by atoms with Crippen LogP contribution in [0.25, 0.3) is 11.0 Å². The molecule has 0 amide bonds. The van der Waals surface area contributed by atoms with Crippen molar-refractivity contribution >= 4 is 16.9 Å². The van der Waals surface area contributed by atoms with E-state index in [0.29, 0.717) is 11.1 Å². The fraction of sp³-hybridized carbons (Fsp3) is 0.182. The molecule has 2 rings (SSSR count). The maximum atomic E-state index is 10.9. The van der Waals surface area contributed by atoms with Crippen molar-refractivity contribution in [2.24, 2.45) is 0 Å². The van der Waals surface area contributed by atoms with Gasteiger partial charge in [0.15, 0.2) is 6.10 Å². The van der Waals surface area contributed by atoms with Crippen LogP contribution in [0.3, 0.4) is 0 Å². The van der Waals surface area contributed by atoms with E-state index in [4.69, 9.17) is 14.3 Å². The van der Waals surface area contributed by atoms with Crippen LogP contribution < -0.4 is 0 Å². The number of hydrogen-bond acceptors (Lipinski definition) is 3. The molecule has 4 nitrogen and oxygen atoms in total. The molecule has 0 saturated carbocycles. The summed E-state index contributed by atoms with van der Waals surface area (Å²) in [5.74, 6) is -1.03. The Morgan fingerprint density at radius 1 is 1.47 bits per heavy atom. The van der Waals surface area contributed by atoms with Gasteiger partial charge >= 0.3 is 5.97 Å². The van der Waals surface area contributed by atoms with Crippen molar-refractivity contribution in [1.29, 1.82) is 0 Å². The molecule has 4 heteroatoms. The Balaban J connectivity index is 2.59. The number of ether oxygens (including phenoxy) is 1. The van der Waals surface area contributed by atoms with Crippen molar-refractivity contribution in [2.45, 2.75) is 6.10 Å². The summed E-state index contributed by atoms with van der Waals surface area (Å²) in [4.78, 5) is 10.9. The molecule has 0 aliphatic heterocycles. The first kappa shape index (κ1) is 9.73. The predicted octanol–water partition coefficient (Wildman–Crippen LogP) is 2.20. The monoisotopic (exact) mass is 206 g/mol. The van der Waals surface area contributed by atoms with E-state index >= 15 is 0 Å². The van der Waals surface area contributed by atoms with Crippen molar-refractivity contribution in [2.75, 3.05) is 7.11 Å². The zero-order valence-electron chi connectivity index (χ0n) is 8.14. The number of carboxylic acid groups (broad SMARTS) is 1.